The largest absolute Gasteiger partial charge is 0.493 e. The summed E-state index contributed by atoms with van der Waals surface area (Å²) in [4.78, 5) is 4.32. The molecule has 3 rings (SSSR count). The quantitative estimate of drug-likeness (QED) is 0.855. The van der Waals surface area contributed by atoms with Gasteiger partial charge in [-0.2, -0.15) is 0 Å². The van der Waals surface area contributed by atoms with Crippen LogP contribution in [0.3, 0.4) is 0 Å². The van der Waals surface area contributed by atoms with Crippen LogP contribution in [0, 0.1) is 11.7 Å². The summed E-state index contributed by atoms with van der Waals surface area (Å²) in [5.41, 5.74) is 1.97. The Bertz CT molecular complexity index is 651. The molecule has 0 saturated heterocycles. The van der Waals surface area contributed by atoms with E-state index in [2.05, 4.69) is 10.3 Å². The highest BCUT2D eigenvalue weighted by atomic mass is 19.1. The van der Waals surface area contributed by atoms with E-state index in [0.29, 0.717) is 18.9 Å². The maximum Gasteiger partial charge on any atom is 0.126 e. The summed E-state index contributed by atoms with van der Waals surface area (Å²) < 4.78 is 19.1. The van der Waals surface area contributed by atoms with Crippen molar-refractivity contribution in [2.75, 3.05) is 19.8 Å². The topological polar surface area (TPSA) is 54.4 Å². The zero-order valence-electron chi connectivity index (χ0n) is 13.6. The molecule has 1 aliphatic heterocycles. The van der Waals surface area contributed by atoms with Crippen molar-refractivity contribution in [3.63, 3.8) is 0 Å². The number of fused-ring (bicyclic) bond motifs is 1. The van der Waals surface area contributed by atoms with Gasteiger partial charge in [0.05, 0.1) is 6.61 Å². The van der Waals surface area contributed by atoms with Gasteiger partial charge in [-0.25, -0.2) is 4.39 Å². The summed E-state index contributed by atoms with van der Waals surface area (Å²) in [5.74, 6) is 0.432. The van der Waals surface area contributed by atoms with E-state index in [1.807, 2.05) is 18.2 Å². The molecule has 1 aliphatic rings. The number of aliphatic hydroxyl groups excluding tert-OH is 1. The molecular formula is C19H23FN2O2. The first kappa shape index (κ1) is 16.9. The van der Waals surface area contributed by atoms with Crippen molar-refractivity contribution in [2.24, 2.45) is 5.92 Å². The number of hydrogen-bond acceptors (Lipinski definition) is 4. The average molecular weight is 330 g/mol. The number of hydrogen-bond donors (Lipinski definition) is 2. The summed E-state index contributed by atoms with van der Waals surface area (Å²) in [6, 6.07) is 10.6. The second-order valence-electron chi connectivity index (χ2n) is 6.21. The number of aliphatic hydroxyl groups is 1. The standard InChI is InChI=1S/C19H23FN2O2/c20-15-6-7-17-18(5-3-9-24-19(17)11-15)22-12-14(13-23)10-16-4-1-2-8-21-16/h1-2,4,6-8,11,14,18,22-23H,3,5,9-10,12-13H2. The lowest BCUT2D eigenvalue weighted by Crippen LogP contribution is -2.30. The van der Waals surface area contributed by atoms with Gasteiger partial charge in [0.1, 0.15) is 11.6 Å². The number of rotatable bonds is 6. The molecule has 4 nitrogen and oxygen atoms in total. The van der Waals surface area contributed by atoms with Crippen LogP contribution >= 0.6 is 0 Å². The molecule has 0 bridgehead atoms. The van der Waals surface area contributed by atoms with Crippen LogP contribution in [-0.2, 0) is 6.42 Å². The molecule has 1 aromatic carbocycles. The number of benzene rings is 1. The summed E-state index contributed by atoms with van der Waals surface area (Å²) >= 11 is 0. The van der Waals surface area contributed by atoms with Crippen molar-refractivity contribution in [3.8, 4) is 5.75 Å². The number of nitrogens with zero attached hydrogens (tertiary/aromatic N) is 1. The van der Waals surface area contributed by atoms with E-state index < -0.39 is 0 Å². The molecule has 0 saturated carbocycles. The third-order valence-corrected chi connectivity index (χ3v) is 4.38. The van der Waals surface area contributed by atoms with Crippen LogP contribution < -0.4 is 10.1 Å². The minimum Gasteiger partial charge on any atom is -0.493 e. The highest BCUT2D eigenvalue weighted by Gasteiger charge is 2.21. The van der Waals surface area contributed by atoms with E-state index in [-0.39, 0.29) is 24.4 Å². The number of halogens is 1. The van der Waals surface area contributed by atoms with E-state index in [9.17, 15) is 9.50 Å². The van der Waals surface area contributed by atoms with Crippen molar-refractivity contribution >= 4 is 0 Å². The second-order valence-corrected chi connectivity index (χ2v) is 6.21. The molecule has 2 N–H and O–H groups in total. The lowest BCUT2D eigenvalue weighted by molar-refractivity contribution is 0.216. The van der Waals surface area contributed by atoms with Gasteiger partial charge in [-0.15, -0.1) is 0 Å². The van der Waals surface area contributed by atoms with Gasteiger partial charge in [0.25, 0.3) is 0 Å². The van der Waals surface area contributed by atoms with Crippen molar-refractivity contribution in [3.05, 3.63) is 59.7 Å². The molecule has 0 spiro atoms. The van der Waals surface area contributed by atoms with Gasteiger partial charge in [-0.3, -0.25) is 4.98 Å². The van der Waals surface area contributed by atoms with Crippen molar-refractivity contribution < 1.29 is 14.2 Å². The Balaban J connectivity index is 1.65. The van der Waals surface area contributed by atoms with Crippen LogP contribution in [0.15, 0.2) is 42.6 Å². The Morgan fingerprint density at radius 1 is 1.33 bits per heavy atom. The normalized spacial score (nSPS) is 18.3. The maximum atomic E-state index is 13.4. The van der Waals surface area contributed by atoms with Crippen molar-refractivity contribution in [1.82, 2.24) is 10.3 Å². The average Bonchev–Trinajstić information content (AvgIpc) is 2.81. The SMILES string of the molecule is OCC(CNC1CCCOc2cc(F)ccc21)Cc1ccccn1. The van der Waals surface area contributed by atoms with Crippen LogP contribution in [-0.4, -0.2) is 29.8 Å². The minimum atomic E-state index is -0.280. The Hall–Kier alpha value is -1.98. The Morgan fingerprint density at radius 3 is 3.04 bits per heavy atom. The lowest BCUT2D eigenvalue weighted by Gasteiger charge is -2.22. The number of ether oxygens (including phenoxy) is 1. The summed E-state index contributed by atoms with van der Waals surface area (Å²) in [6.07, 6.45) is 4.34. The predicted octanol–water partition coefficient (Wildman–Crippen LogP) is 2.88. The highest BCUT2D eigenvalue weighted by molar-refractivity contribution is 5.37. The van der Waals surface area contributed by atoms with E-state index in [4.69, 9.17) is 4.74 Å². The molecule has 2 aromatic rings. The smallest absolute Gasteiger partial charge is 0.126 e. The summed E-state index contributed by atoms with van der Waals surface area (Å²) in [6.45, 7) is 1.38. The van der Waals surface area contributed by atoms with Gasteiger partial charge >= 0.3 is 0 Å². The van der Waals surface area contributed by atoms with Gasteiger partial charge in [0.2, 0.25) is 0 Å². The maximum absolute atomic E-state index is 13.4. The zero-order valence-corrected chi connectivity index (χ0v) is 13.6. The molecule has 1 aromatic heterocycles. The summed E-state index contributed by atoms with van der Waals surface area (Å²) in [7, 11) is 0. The molecule has 24 heavy (non-hydrogen) atoms. The zero-order chi connectivity index (χ0) is 16.8. The molecule has 0 fully saturated rings. The fraction of sp³-hybridized carbons (Fsp3) is 0.421. The molecule has 0 amide bonds. The number of aromatic nitrogens is 1. The van der Waals surface area contributed by atoms with Crippen LogP contribution in [0.25, 0.3) is 0 Å². The van der Waals surface area contributed by atoms with Crippen LogP contribution in [0.5, 0.6) is 5.75 Å². The van der Waals surface area contributed by atoms with Gasteiger partial charge < -0.3 is 15.2 Å². The molecule has 2 unspecified atom stereocenters. The van der Waals surface area contributed by atoms with E-state index in [0.717, 1.165) is 30.5 Å². The Kier molecular flexibility index (Phi) is 5.77. The Morgan fingerprint density at radius 2 is 2.25 bits per heavy atom. The summed E-state index contributed by atoms with van der Waals surface area (Å²) in [5, 5.41) is 13.2. The van der Waals surface area contributed by atoms with Gasteiger partial charge in [0.15, 0.2) is 0 Å². The van der Waals surface area contributed by atoms with Gasteiger partial charge in [0, 0.05) is 42.7 Å². The molecule has 2 atom stereocenters. The molecule has 0 aliphatic carbocycles. The first-order valence-corrected chi connectivity index (χ1v) is 8.42. The van der Waals surface area contributed by atoms with E-state index in [1.165, 1.54) is 12.1 Å². The van der Waals surface area contributed by atoms with E-state index >= 15 is 0 Å². The second kappa shape index (κ2) is 8.22. The first-order valence-electron chi connectivity index (χ1n) is 8.42. The van der Waals surface area contributed by atoms with E-state index in [1.54, 1.807) is 12.3 Å². The molecule has 128 valence electrons. The van der Waals surface area contributed by atoms with Crippen LogP contribution in [0.1, 0.15) is 30.1 Å². The first-order chi connectivity index (χ1) is 11.8. The number of pyridine rings is 1. The monoisotopic (exact) mass is 330 g/mol. The third kappa shape index (κ3) is 4.30. The number of nitrogens with one attached hydrogen (secondary N) is 1. The molecule has 2 heterocycles. The molecule has 5 heteroatoms. The molecule has 0 radical (unpaired) electrons. The lowest BCUT2D eigenvalue weighted by atomic mass is 9.99. The molecular weight excluding hydrogens is 307 g/mol. The van der Waals surface area contributed by atoms with Crippen molar-refractivity contribution in [2.45, 2.75) is 25.3 Å². The van der Waals surface area contributed by atoms with Crippen LogP contribution in [0.4, 0.5) is 4.39 Å². The Labute approximate surface area is 141 Å². The minimum absolute atomic E-state index is 0.0907. The fourth-order valence-corrected chi connectivity index (χ4v) is 3.08. The third-order valence-electron chi connectivity index (χ3n) is 4.38. The predicted molar refractivity (Wildman–Crippen MR) is 90.4 cm³/mol. The van der Waals surface area contributed by atoms with Crippen LogP contribution in [0.2, 0.25) is 0 Å². The van der Waals surface area contributed by atoms with Gasteiger partial charge in [-0.05, 0) is 43.4 Å². The van der Waals surface area contributed by atoms with Gasteiger partial charge in [-0.1, -0.05) is 12.1 Å². The highest BCUT2D eigenvalue weighted by Crippen LogP contribution is 2.32. The fourth-order valence-electron chi connectivity index (χ4n) is 3.08. The van der Waals surface area contributed by atoms with Crippen molar-refractivity contribution in [1.29, 1.82) is 0 Å².